The largest absolute Gasteiger partial charge is 0.352 e. The first-order valence-electron chi connectivity index (χ1n) is 7.82. The summed E-state index contributed by atoms with van der Waals surface area (Å²) in [5, 5.41) is 11.8. The lowest BCUT2D eigenvalue weighted by Gasteiger charge is -2.12. The zero-order valence-electron chi connectivity index (χ0n) is 13.1. The molecule has 1 saturated carbocycles. The van der Waals surface area contributed by atoms with Crippen molar-refractivity contribution < 1.29 is 9.59 Å². The van der Waals surface area contributed by atoms with Crippen LogP contribution in [0.3, 0.4) is 0 Å². The molecule has 7 nitrogen and oxygen atoms in total. The Hall–Kier alpha value is -2.57. The average Bonchev–Trinajstić information content (AvgIpc) is 3.24. The highest BCUT2D eigenvalue weighted by Crippen LogP contribution is 2.33. The van der Waals surface area contributed by atoms with Crippen LogP contribution >= 0.6 is 0 Å². The zero-order chi connectivity index (χ0) is 16.2. The molecule has 0 radical (unpaired) electrons. The van der Waals surface area contributed by atoms with Crippen molar-refractivity contribution in [2.45, 2.75) is 25.8 Å². The third-order valence-electron chi connectivity index (χ3n) is 3.84. The summed E-state index contributed by atoms with van der Waals surface area (Å²) < 4.78 is 0. The van der Waals surface area contributed by atoms with Gasteiger partial charge in [0.1, 0.15) is 0 Å². The van der Waals surface area contributed by atoms with Gasteiger partial charge in [-0.2, -0.15) is 0 Å². The number of guanidine groups is 1. The summed E-state index contributed by atoms with van der Waals surface area (Å²) in [5.41, 5.74) is 1.29. The van der Waals surface area contributed by atoms with Crippen LogP contribution in [0.2, 0.25) is 0 Å². The first kappa shape index (κ1) is 15.3. The van der Waals surface area contributed by atoms with E-state index in [9.17, 15) is 9.59 Å². The number of amides is 2. The third kappa shape index (κ3) is 4.45. The number of anilines is 2. The number of carbonyl (C=O) groups is 2. The molecule has 1 aliphatic carbocycles. The van der Waals surface area contributed by atoms with E-state index in [1.165, 1.54) is 19.8 Å². The molecular formula is C16H21N5O2. The number of rotatable bonds is 5. The maximum atomic E-state index is 12.0. The van der Waals surface area contributed by atoms with Crippen LogP contribution in [0, 0.1) is 5.92 Å². The summed E-state index contributed by atoms with van der Waals surface area (Å²) in [5.74, 6) is 1.13. The van der Waals surface area contributed by atoms with Gasteiger partial charge in [0.2, 0.25) is 11.8 Å². The Bertz CT molecular complexity index is 639. The van der Waals surface area contributed by atoms with Gasteiger partial charge in [0.15, 0.2) is 5.96 Å². The van der Waals surface area contributed by atoms with E-state index in [-0.39, 0.29) is 18.4 Å². The van der Waals surface area contributed by atoms with Crippen molar-refractivity contribution in [2.75, 3.05) is 23.7 Å². The second-order valence-electron chi connectivity index (χ2n) is 5.94. The van der Waals surface area contributed by atoms with Crippen LogP contribution in [0.1, 0.15) is 19.8 Å². The summed E-state index contributed by atoms with van der Waals surface area (Å²) in [4.78, 5) is 27.4. The van der Waals surface area contributed by atoms with Gasteiger partial charge in [-0.05, 0) is 37.0 Å². The lowest BCUT2D eigenvalue weighted by molar-refractivity contribution is -0.115. The maximum absolute atomic E-state index is 12.0. The van der Waals surface area contributed by atoms with Crippen molar-refractivity contribution in [3.05, 3.63) is 24.3 Å². The average molecular weight is 315 g/mol. The fourth-order valence-electron chi connectivity index (χ4n) is 2.58. The van der Waals surface area contributed by atoms with Gasteiger partial charge < -0.3 is 21.3 Å². The predicted octanol–water partition coefficient (Wildman–Crippen LogP) is 0.911. The van der Waals surface area contributed by atoms with Gasteiger partial charge in [0.25, 0.3) is 0 Å². The molecular weight excluding hydrogens is 294 g/mol. The maximum Gasteiger partial charge on any atom is 0.243 e. The molecule has 4 N–H and O–H groups in total. The Morgan fingerprint density at radius 1 is 1.26 bits per heavy atom. The molecule has 122 valence electrons. The van der Waals surface area contributed by atoms with Crippen molar-refractivity contribution in [1.29, 1.82) is 0 Å². The molecule has 1 atom stereocenters. The smallest absolute Gasteiger partial charge is 0.243 e. The topological polar surface area (TPSA) is 94.6 Å². The first-order chi connectivity index (χ1) is 11.1. The molecule has 1 unspecified atom stereocenters. The molecule has 0 aromatic heterocycles. The van der Waals surface area contributed by atoms with E-state index in [1.807, 2.05) is 0 Å². The van der Waals surface area contributed by atoms with Gasteiger partial charge in [-0.1, -0.05) is 6.07 Å². The van der Waals surface area contributed by atoms with Crippen LogP contribution in [0.5, 0.6) is 0 Å². The molecule has 1 aromatic rings. The van der Waals surface area contributed by atoms with E-state index < -0.39 is 0 Å². The fraction of sp³-hybridized carbons (Fsp3) is 0.438. The van der Waals surface area contributed by atoms with Gasteiger partial charge in [0.05, 0.1) is 19.1 Å². The third-order valence-corrected chi connectivity index (χ3v) is 3.84. The van der Waals surface area contributed by atoms with Gasteiger partial charge >= 0.3 is 0 Å². The number of carbonyl (C=O) groups excluding carboxylic acids is 2. The number of hydrogen-bond donors (Lipinski definition) is 4. The summed E-state index contributed by atoms with van der Waals surface area (Å²) in [7, 11) is 0. The zero-order valence-corrected chi connectivity index (χ0v) is 13.1. The molecule has 2 amide bonds. The molecule has 1 heterocycles. The molecule has 2 aliphatic rings. The van der Waals surface area contributed by atoms with E-state index >= 15 is 0 Å². The van der Waals surface area contributed by atoms with Gasteiger partial charge in [-0.15, -0.1) is 0 Å². The van der Waals surface area contributed by atoms with E-state index in [0.717, 1.165) is 12.5 Å². The Labute approximate surface area is 134 Å². The SMILES string of the molecule is CC(=O)Nc1cccc(NC(=O)CNC2=NCC(C3CC3)N2)c1. The summed E-state index contributed by atoms with van der Waals surface area (Å²) >= 11 is 0. The standard InChI is InChI=1S/C16H21N5O2/c1-10(22)19-12-3-2-4-13(7-12)20-15(23)9-18-16-17-8-14(21-16)11-5-6-11/h2-4,7,11,14H,5-6,8-9H2,1H3,(H,19,22)(H,20,23)(H2,17,18,21). The second kappa shape index (κ2) is 6.68. The second-order valence-corrected chi connectivity index (χ2v) is 5.94. The first-order valence-corrected chi connectivity index (χ1v) is 7.82. The number of nitrogens with zero attached hydrogens (tertiary/aromatic N) is 1. The van der Waals surface area contributed by atoms with Crippen molar-refractivity contribution >= 4 is 29.1 Å². The number of nitrogens with one attached hydrogen (secondary N) is 4. The predicted molar refractivity (Wildman–Crippen MR) is 89.3 cm³/mol. The van der Waals surface area contributed by atoms with Crippen molar-refractivity contribution in [1.82, 2.24) is 10.6 Å². The van der Waals surface area contributed by atoms with E-state index in [4.69, 9.17) is 0 Å². The summed E-state index contributed by atoms with van der Waals surface area (Å²) in [6.07, 6.45) is 2.54. The lowest BCUT2D eigenvalue weighted by atomic mass is 10.2. The molecule has 3 rings (SSSR count). The van der Waals surface area contributed by atoms with Crippen LogP contribution < -0.4 is 21.3 Å². The monoisotopic (exact) mass is 315 g/mol. The molecule has 0 bridgehead atoms. The van der Waals surface area contributed by atoms with Crippen molar-refractivity contribution in [2.24, 2.45) is 10.9 Å². The highest BCUT2D eigenvalue weighted by atomic mass is 16.2. The van der Waals surface area contributed by atoms with Gasteiger partial charge in [-0.3, -0.25) is 14.6 Å². The molecule has 23 heavy (non-hydrogen) atoms. The van der Waals surface area contributed by atoms with E-state index in [0.29, 0.717) is 23.4 Å². The van der Waals surface area contributed by atoms with Gasteiger partial charge in [-0.25, -0.2) is 0 Å². The Balaban J connectivity index is 1.45. The van der Waals surface area contributed by atoms with Crippen LogP contribution in [-0.2, 0) is 9.59 Å². The number of hydrogen-bond acceptors (Lipinski definition) is 5. The Kier molecular flexibility index (Phi) is 4.45. The molecule has 1 aromatic carbocycles. The minimum atomic E-state index is -0.163. The molecule has 0 saturated heterocycles. The number of aliphatic imine (C=N–C) groups is 1. The van der Waals surface area contributed by atoms with Gasteiger partial charge in [0, 0.05) is 18.3 Å². The minimum Gasteiger partial charge on any atom is -0.352 e. The Morgan fingerprint density at radius 3 is 2.70 bits per heavy atom. The van der Waals surface area contributed by atoms with Crippen LogP contribution in [0.25, 0.3) is 0 Å². The fourth-order valence-corrected chi connectivity index (χ4v) is 2.58. The highest BCUT2D eigenvalue weighted by Gasteiger charge is 2.34. The quantitative estimate of drug-likeness (QED) is 0.649. The normalized spacial score (nSPS) is 19.5. The van der Waals surface area contributed by atoms with Crippen molar-refractivity contribution in [3.8, 4) is 0 Å². The summed E-state index contributed by atoms with van der Waals surface area (Å²) in [6, 6.07) is 7.46. The van der Waals surface area contributed by atoms with Crippen LogP contribution in [0.4, 0.5) is 11.4 Å². The molecule has 0 spiro atoms. The van der Waals surface area contributed by atoms with Crippen molar-refractivity contribution in [3.63, 3.8) is 0 Å². The lowest BCUT2D eigenvalue weighted by Crippen LogP contribution is -2.42. The number of benzene rings is 1. The molecule has 7 heteroatoms. The summed E-state index contributed by atoms with van der Waals surface area (Å²) in [6.45, 7) is 2.38. The van der Waals surface area contributed by atoms with E-state index in [1.54, 1.807) is 24.3 Å². The minimum absolute atomic E-state index is 0.146. The Morgan fingerprint density at radius 2 is 2.00 bits per heavy atom. The molecule has 1 fully saturated rings. The van der Waals surface area contributed by atoms with Crippen LogP contribution in [0.15, 0.2) is 29.3 Å². The van der Waals surface area contributed by atoms with Crippen LogP contribution in [-0.4, -0.2) is 36.9 Å². The van der Waals surface area contributed by atoms with E-state index in [2.05, 4.69) is 26.3 Å². The molecule has 1 aliphatic heterocycles. The highest BCUT2D eigenvalue weighted by molar-refractivity contribution is 5.96.